The lowest BCUT2D eigenvalue weighted by atomic mass is 10.1. The topological polar surface area (TPSA) is 45.2 Å². The van der Waals surface area contributed by atoms with Crippen molar-refractivity contribution in [1.29, 1.82) is 0 Å². The maximum Gasteiger partial charge on any atom is 0.273 e. The molecule has 1 amide bonds. The Labute approximate surface area is 116 Å². The second-order valence-electron chi connectivity index (χ2n) is 4.43. The lowest BCUT2D eigenvalue weighted by Crippen LogP contribution is -2.48. The number of likely N-dealkylation sites (N-methyl/N-ethyl adjacent to an activating group) is 1. The van der Waals surface area contributed by atoms with Crippen molar-refractivity contribution < 1.29 is 4.79 Å². The summed E-state index contributed by atoms with van der Waals surface area (Å²) in [5.74, 6) is 0.0127. The number of amides is 1. The van der Waals surface area contributed by atoms with Crippen molar-refractivity contribution in [2.75, 3.05) is 19.6 Å². The summed E-state index contributed by atoms with van der Waals surface area (Å²) in [5.41, 5.74) is 0.505. The number of carbonyl (C=O) groups is 1. The van der Waals surface area contributed by atoms with E-state index in [0.717, 1.165) is 30.4 Å². The van der Waals surface area contributed by atoms with Gasteiger partial charge in [-0.3, -0.25) is 4.79 Å². The zero-order valence-corrected chi connectivity index (χ0v) is 12.1. The monoisotopic (exact) mass is 311 g/mol. The van der Waals surface area contributed by atoms with Crippen molar-refractivity contribution in [3.05, 3.63) is 28.5 Å². The minimum absolute atomic E-state index is 0.0127. The smallest absolute Gasteiger partial charge is 0.273 e. The molecule has 1 unspecified atom stereocenters. The van der Waals surface area contributed by atoms with Crippen LogP contribution >= 0.6 is 15.9 Å². The van der Waals surface area contributed by atoms with Crippen LogP contribution in [0.25, 0.3) is 0 Å². The number of aromatic nitrogens is 1. The van der Waals surface area contributed by atoms with Gasteiger partial charge in [-0.1, -0.05) is 0 Å². The van der Waals surface area contributed by atoms with Gasteiger partial charge in [-0.15, -0.1) is 0 Å². The molecule has 1 fully saturated rings. The van der Waals surface area contributed by atoms with Crippen LogP contribution in [-0.2, 0) is 0 Å². The number of hydrogen-bond donors (Lipinski definition) is 1. The third-order valence-corrected chi connectivity index (χ3v) is 3.91. The summed E-state index contributed by atoms with van der Waals surface area (Å²) in [6, 6.07) is 3.96. The van der Waals surface area contributed by atoms with Crippen LogP contribution in [0.4, 0.5) is 0 Å². The van der Waals surface area contributed by atoms with E-state index in [4.69, 9.17) is 0 Å². The Bertz CT molecular complexity index is 418. The molecular weight excluding hydrogens is 294 g/mol. The van der Waals surface area contributed by atoms with E-state index < -0.39 is 0 Å². The number of pyridine rings is 1. The fraction of sp³-hybridized carbons (Fsp3) is 0.538. The summed E-state index contributed by atoms with van der Waals surface area (Å²) in [6.07, 6.45) is 3.85. The fourth-order valence-corrected chi connectivity index (χ4v) is 2.77. The zero-order valence-electron chi connectivity index (χ0n) is 10.5. The normalized spacial score (nSPS) is 19.6. The quantitative estimate of drug-likeness (QED) is 0.929. The summed E-state index contributed by atoms with van der Waals surface area (Å²) in [5, 5.41) is 3.34. The van der Waals surface area contributed by atoms with E-state index in [-0.39, 0.29) is 11.9 Å². The van der Waals surface area contributed by atoms with Gasteiger partial charge in [0.05, 0.1) is 0 Å². The minimum atomic E-state index is 0.0127. The van der Waals surface area contributed by atoms with E-state index >= 15 is 0 Å². The summed E-state index contributed by atoms with van der Waals surface area (Å²) < 4.78 is 0.761. The van der Waals surface area contributed by atoms with Gasteiger partial charge < -0.3 is 10.2 Å². The number of halogens is 1. The molecule has 1 aromatic rings. The molecule has 1 atom stereocenters. The Kier molecular flexibility index (Phi) is 4.72. The number of hydrogen-bond acceptors (Lipinski definition) is 3. The first kappa shape index (κ1) is 13.5. The second kappa shape index (κ2) is 6.29. The van der Waals surface area contributed by atoms with E-state index in [1.807, 2.05) is 24.0 Å². The first-order chi connectivity index (χ1) is 8.74. The Morgan fingerprint density at radius 1 is 1.67 bits per heavy atom. The largest absolute Gasteiger partial charge is 0.333 e. The van der Waals surface area contributed by atoms with Crippen LogP contribution < -0.4 is 5.32 Å². The maximum atomic E-state index is 12.5. The molecule has 0 bridgehead atoms. The van der Waals surface area contributed by atoms with Gasteiger partial charge in [-0.05, 0) is 54.4 Å². The predicted molar refractivity (Wildman–Crippen MR) is 74.5 cm³/mol. The lowest BCUT2D eigenvalue weighted by molar-refractivity contribution is 0.0655. The Balaban J connectivity index is 2.17. The van der Waals surface area contributed by atoms with Crippen molar-refractivity contribution in [3.8, 4) is 0 Å². The lowest BCUT2D eigenvalue weighted by Gasteiger charge is -2.33. The highest BCUT2D eigenvalue weighted by Crippen LogP contribution is 2.18. The van der Waals surface area contributed by atoms with Crippen LogP contribution in [0.2, 0.25) is 0 Å². The number of nitrogens with zero attached hydrogens (tertiary/aromatic N) is 2. The fourth-order valence-electron chi connectivity index (χ4n) is 2.35. The molecular formula is C13H18BrN3O. The number of carbonyl (C=O) groups excluding carboxylic acids is 1. The van der Waals surface area contributed by atoms with Crippen LogP contribution in [0.5, 0.6) is 0 Å². The SMILES string of the molecule is CCN(C(=O)c1ncccc1Br)C1CCCNC1. The molecule has 5 heteroatoms. The summed E-state index contributed by atoms with van der Waals surface area (Å²) in [6.45, 7) is 4.66. The molecule has 4 nitrogen and oxygen atoms in total. The molecule has 1 saturated heterocycles. The van der Waals surface area contributed by atoms with Crippen LogP contribution in [0.1, 0.15) is 30.3 Å². The Morgan fingerprint density at radius 3 is 3.11 bits per heavy atom. The van der Waals surface area contributed by atoms with Crippen molar-refractivity contribution in [1.82, 2.24) is 15.2 Å². The molecule has 0 spiro atoms. The molecule has 18 heavy (non-hydrogen) atoms. The molecule has 2 heterocycles. The Morgan fingerprint density at radius 2 is 2.50 bits per heavy atom. The zero-order chi connectivity index (χ0) is 13.0. The van der Waals surface area contributed by atoms with E-state index in [2.05, 4.69) is 26.2 Å². The molecule has 0 saturated carbocycles. The molecule has 0 radical (unpaired) electrons. The summed E-state index contributed by atoms with van der Waals surface area (Å²) in [7, 11) is 0. The predicted octanol–water partition coefficient (Wildman–Crippen LogP) is 2.06. The average molecular weight is 312 g/mol. The van der Waals surface area contributed by atoms with Gasteiger partial charge in [-0.2, -0.15) is 0 Å². The number of rotatable bonds is 3. The van der Waals surface area contributed by atoms with Crippen molar-refractivity contribution in [3.63, 3.8) is 0 Å². The van der Waals surface area contributed by atoms with E-state index in [1.54, 1.807) is 6.20 Å². The maximum absolute atomic E-state index is 12.5. The highest BCUT2D eigenvalue weighted by molar-refractivity contribution is 9.10. The highest BCUT2D eigenvalue weighted by atomic mass is 79.9. The van der Waals surface area contributed by atoms with Gasteiger partial charge >= 0.3 is 0 Å². The standard InChI is InChI=1S/C13H18BrN3O/c1-2-17(10-5-3-7-15-9-10)13(18)12-11(14)6-4-8-16-12/h4,6,8,10,15H,2-3,5,7,9H2,1H3. The van der Waals surface area contributed by atoms with E-state index in [0.29, 0.717) is 12.2 Å². The van der Waals surface area contributed by atoms with Crippen molar-refractivity contribution >= 4 is 21.8 Å². The molecule has 0 aromatic carbocycles. The average Bonchev–Trinajstić information content (AvgIpc) is 2.41. The van der Waals surface area contributed by atoms with Crippen LogP contribution in [0.15, 0.2) is 22.8 Å². The first-order valence-electron chi connectivity index (χ1n) is 6.36. The first-order valence-corrected chi connectivity index (χ1v) is 7.15. The third-order valence-electron chi connectivity index (χ3n) is 3.27. The molecule has 1 N–H and O–H groups in total. The van der Waals surface area contributed by atoms with Crippen LogP contribution in [0.3, 0.4) is 0 Å². The van der Waals surface area contributed by atoms with Gasteiger partial charge in [-0.25, -0.2) is 4.98 Å². The highest BCUT2D eigenvalue weighted by Gasteiger charge is 2.26. The molecule has 2 rings (SSSR count). The van der Waals surface area contributed by atoms with Gasteiger partial charge in [0.25, 0.3) is 5.91 Å². The molecule has 1 aliphatic heterocycles. The molecule has 0 aliphatic carbocycles. The minimum Gasteiger partial charge on any atom is -0.333 e. The molecule has 98 valence electrons. The van der Waals surface area contributed by atoms with Gasteiger partial charge in [0, 0.05) is 29.8 Å². The number of piperidine rings is 1. The molecule has 1 aromatic heterocycles. The second-order valence-corrected chi connectivity index (χ2v) is 5.28. The molecule has 1 aliphatic rings. The van der Waals surface area contributed by atoms with Crippen LogP contribution in [0, 0.1) is 0 Å². The van der Waals surface area contributed by atoms with Crippen LogP contribution in [-0.4, -0.2) is 41.5 Å². The van der Waals surface area contributed by atoms with Crippen molar-refractivity contribution in [2.45, 2.75) is 25.8 Å². The number of nitrogens with one attached hydrogen (secondary N) is 1. The summed E-state index contributed by atoms with van der Waals surface area (Å²) in [4.78, 5) is 18.6. The van der Waals surface area contributed by atoms with Gasteiger partial charge in [0.2, 0.25) is 0 Å². The van der Waals surface area contributed by atoms with E-state index in [9.17, 15) is 4.79 Å². The van der Waals surface area contributed by atoms with Crippen molar-refractivity contribution in [2.24, 2.45) is 0 Å². The van der Waals surface area contributed by atoms with E-state index in [1.165, 1.54) is 0 Å². The van der Waals surface area contributed by atoms with Gasteiger partial charge in [0.1, 0.15) is 5.69 Å². The van der Waals surface area contributed by atoms with Gasteiger partial charge in [0.15, 0.2) is 0 Å². The summed E-state index contributed by atoms with van der Waals surface area (Å²) >= 11 is 3.39. The Hall–Kier alpha value is -0.940. The third kappa shape index (κ3) is 2.90.